The van der Waals surface area contributed by atoms with Gasteiger partial charge in [0.15, 0.2) is 11.7 Å². The first-order chi connectivity index (χ1) is 13.4. The lowest BCUT2D eigenvalue weighted by Crippen LogP contribution is -2.30. The second kappa shape index (κ2) is 7.87. The molecule has 0 radical (unpaired) electrons. The maximum atomic E-state index is 12.5. The Kier molecular flexibility index (Phi) is 5.35. The van der Waals surface area contributed by atoms with E-state index < -0.39 is 28.8 Å². The fourth-order valence-corrected chi connectivity index (χ4v) is 3.03. The SMILES string of the molecule is CCOC(=O)C1C(=O)NN(C=C2C=CC=CC2=O)C1c1ccc([N+](=O)[O-])cc1. The Labute approximate surface area is 160 Å². The molecule has 2 atom stereocenters. The number of nitro benzene ring substituents is 1. The predicted molar refractivity (Wildman–Crippen MR) is 97.3 cm³/mol. The number of nitrogens with one attached hydrogen (secondary N) is 1. The van der Waals surface area contributed by atoms with Gasteiger partial charge in [0.25, 0.3) is 11.6 Å². The summed E-state index contributed by atoms with van der Waals surface area (Å²) in [7, 11) is 0. The summed E-state index contributed by atoms with van der Waals surface area (Å²) in [5.74, 6) is -2.73. The molecule has 2 aliphatic rings. The summed E-state index contributed by atoms with van der Waals surface area (Å²) < 4.78 is 5.02. The lowest BCUT2D eigenvalue weighted by molar-refractivity contribution is -0.384. The van der Waals surface area contributed by atoms with Crippen LogP contribution in [-0.4, -0.2) is 34.2 Å². The molecule has 2 unspecified atom stereocenters. The van der Waals surface area contributed by atoms with E-state index >= 15 is 0 Å². The molecule has 1 aliphatic heterocycles. The second-order valence-corrected chi connectivity index (χ2v) is 6.07. The van der Waals surface area contributed by atoms with Gasteiger partial charge in [-0.25, -0.2) is 0 Å². The fourth-order valence-electron chi connectivity index (χ4n) is 3.03. The van der Waals surface area contributed by atoms with Crippen molar-refractivity contribution >= 4 is 23.3 Å². The van der Waals surface area contributed by atoms with Crippen molar-refractivity contribution < 1.29 is 24.0 Å². The number of ketones is 1. The summed E-state index contributed by atoms with van der Waals surface area (Å²) in [5.41, 5.74) is 3.26. The quantitative estimate of drug-likeness (QED) is 0.270. The highest BCUT2D eigenvalue weighted by molar-refractivity contribution is 6.07. The maximum absolute atomic E-state index is 12.5. The molecule has 0 bridgehead atoms. The molecule has 1 saturated heterocycles. The third-order valence-electron chi connectivity index (χ3n) is 4.32. The van der Waals surface area contributed by atoms with Crippen molar-refractivity contribution in [2.24, 2.45) is 5.92 Å². The van der Waals surface area contributed by atoms with E-state index in [0.717, 1.165) is 0 Å². The van der Waals surface area contributed by atoms with Gasteiger partial charge in [0.05, 0.1) is 17.6 Å². The van der Waals surface area contributed by atoms with Crippen LogP contribution in [0.15, 0.2) is 60.3 Å². The van der Waals surface area contributed by atoms with E-state index in [1.165, 1.54) is 41.6 Å². The molecule has 3 rings (SSSR count). The highest BCUT2D eigenvalue weighted by Gasteiger charge is 2.46. The lowest BCUT2D eigenvalue weighted by Gasteiger charge is -2.25. The van der Waals surface area contributed by atoms with Crippen molar-refractivity contribution in [3.63, 3.8) is 0 Å². The molecule has 0 spiro atoms. The zero-order valence-electron chi connectivity index (χ0n) is 14.9. The maximum Gasteiger partial charge on any atom is 0.321 e. The topological polar surface area (TPSA) is 119 Å². The van der Waals surface area contributed by atoms with Gasteiger partial charge in [-0.1, -0.05) is 24.3 Å². The number of rotatable bonds is 5. The smallest absolute Gasteiger partial charge is 0.321 e. The molecule has 1 aromatic rings. The number of hydrogen-bond acceptors (Lipinski definition) is 7. The van der Waals surface area contributed by atoms with Crippen molar-refractivity contribution in [3.05, 3.63) is 76.0 Å². The number of carbonyl (C=O) groups is 3. The number of carbonyl (C=O) groups excluding carboxylic acids is 3. The predicted octanol–water partition coefficient (Wildman–Crippen LogP) is 1.74. The molecule has 1 N–H and O–H groups in total. The van der Waals surface area contributed by atoms with Crippen molar-refractivity contribution in [1.82, 2.24) is 10.4 Å². The van der Waals surface area contributed by atoms with Gasteiger partial charge in [-0.05, 0) is 24.6 Å². The standard InChI is InChI=1S/C19H17N3O6/c1-2-28-19(25)16-17(12-7-9-14(10-8-12)22(26)27)21(20-18(16)24)11-13-5-3-4-6-15(13)23/h3-11,16-17H,2H2,1H3,(H,20,24). The average molecular weight is 383 g/mol. The van der Waals surface area contributed by atoms with Crippen molar-refractivity contribution in [3.8, 4) is 0 Å². The number of nitrogens with zero attached hydrogens (tertiary/aromatic N) is 2. The Morgan fingerprint density at radius 1 is 1.25 bits per heavy atom. The van der Waals surface area contributed by atoms with Gasteiger partial charge in [0.1, 0.15) is 0 Å². The first-order valence-corrected chi connectivity index (χ1v) is 8.53. The Hall–Kier alpha value is -3.75. The van der Waals surface area contributed by atoms with E-state index in [-0.39, 0.29) is 18.1 Å². The van der Waals surface area contributed by atoms with Gasteiger partial charge in [0, 0.05) is 23.9 Å². The number of hydrogen-bond donors (Lipinski definition) is 1. The summed E-state index contributed by atoms with van der Waals surface area (Å²) in [6.45, 7) is 1.73. The molecule has 28 heavy (non-hydrogen) atoms. The normalized spacial score (nSPS) is 22.5. The molecular weight excluding hydrogens is 366 g/mol. The number of ether oxygens (including phenoxy) is 1. The summed E-state index contributed by atoms with van der Waals surface area (Å²) in [5, 5.41) is 12.3. The Balaban J connectivity index is 2.01. The van der Waals surface area contributed by atoms with Gasteiger partial charge >= 0.3 is 5.97 Å². The number of non-ortho nitro benzene ring substituents is 1. The minimum atomic E-state index is -1.18. The van der Waals surface area contributed by atoms with Crippen LogP contribution < -0.4 is 5.43 Å². The Bertz CT molecular complexity index is 916. The van der Waals surface area contributed by atoms with E-state index in [1.54, 1.807) is 25.2 Å². The van der Waals surface area contributed by atoms with Crippen LogP contribution in [0.5, 0.6) is 0 Å². The van der Waals surface area contributed by atoms with Crippen LogP contribution in [0.3, 0.4) is 0 Å². The minimum Gasteiger partial charge on any atom is -0.465 e. The number of nitro groups is 1. The van der Waals surface area contributed by atoms with Gasteiger partial charge in [-0.15, -0.1) is 0 Å². The number of benzene rings is 1. The van der Waals surface area contributed by atoms with Crippen LogP contribution in [0.4, 0.5) is 5.69 Å². The molecule has 1 amide bonds. The van der Waals surface area contributed by atoms with Crippen LogP contribution in [0.1, 0.15) is 18.5 Å². The van der Waals surface area contributed by atoms with Crippen molar-refractivity contribution in [2.45, 2.75) is 13.0 Å². The average Bonchev–Trinajstić information content (AvgIpc) is 2.99. The summed E-state index contributed by atoms with van der Waals surface area (Å²) >= 11 is 0. The van der Waals surface area contributed by atoms with Crippen LogP contribution >= 0.6 is 0 Å². The molecule has 1 fully saturated rings. The molecule has 1 aliphatic carbocycles. The largest absolute Gasteiger partial charge is 0.465 e. The number of hydrazine groups is 1. The number of esters is 1. The Morgan fingerprint density at radius 3 is 2.54 bits per heavy atom. The van der Waals surface area contributed by atoms with E-state index in [2.05, 4.69) is 5.43 Å². The van der Waals surface area contributed by atoms with Gasteiger partial charge in [-0.3, -0.25) is 34.9 Å². The molecule has 0 saturated carbocycles. The van der Waals surface area contributed by atoms with Crippen LogP contribution in [-0.2, 0) is 19.1 Å². The molecule has 9 nitrogen and oxygen atoms in total. The number of allylic oxidation sites excluding steroid dienone is 5. The Morgan fingerprint density at radius 2 is 1.93 bits per heavy atom. The molecule has 9 heteroatoms. The van der Waals surface area contributed by atoms with Crippen molar-refractivity contribution in [1.29, 1.82) is 0 Å². The van der Waals surface area contributed by atoms with E-state index in [1.807, 2.05) is 0 Å². The minimum absolute atomic E-state index is 0.0999. The third-order valence-corrected chi connectivity index (χ3v) is 4.32. The second-order valence-electron chi connectivity index (χ2n) is 6.07. The summed E-state index contributed by atoms with van der Waals surface area (Å²) in [6.07, 6.45) is 7.67. The van der Waals surface area contributed by atoms with E-state index in [4.69, 9.17) is 4.74 Å². The van der Waals surface area contributed by atoms with Crippen LogP contribution in [0, 0.1) is 16.0 Å². The first kappa shape index (κ1) is 19.0. The molecular formula is C19H17N3O6. The van der Waals surface area contributed by atoms with E-state index in [9.17, 15) is 24.5 Å². The summed E-state index contributed by atoms with van der Waals surface area (Å²) in [4.78, 5) is 47.3. The van der Waals surface area contributed by atoms with Gasteiger partial charge in [0.2, 0.25) is 0 Å². The van der Waals surface area contributed by atoms with E-state index in [0.29, 0.717) is 11.1 Å². The zero-order chi connectivity index (χ0) is 20.3. The van der Waals surface area contributed by atoms with Crippen molar-refractivity contribution in [2.75, 3.05) is 6.61 Å². The fraction of sp³-hybridized carbons (Fsp3) is 0.211. The third kappa shape index (κ3) is 3.68. The van der Waals surface area contributed by atoms with Gasteiger partial charge < -0.3 is 4.74 Å². The number of amides is 1. The molecule has 0 aromatic heterocycles. The molecule has 144 valence electrons. The van der Waals surface area contributed by atoms with Gasteiger partial charge in [-0.2, -0.15) is 0 Å². The van der Waals surface area contributed by atoms with Crippen LogP contribution in [0.25, 0.3) is 0 Å². The highest BCUT2D eigenvalue weighted by atomic mass is 16.6. The van der Waals surface area contributed by atoms with Crippen LogP contribution in [0.2, 0.25) is 0 Å². The monoisotopic (exact) mass is 383 g/mol. The highest BCUT2D eigenvalue weighted by Crippen LogP contribution is 2.35. The molecule has 1 heterocycles. The zero-order valence-corrected chi connectivity index (χ0v) is 14.9. The summed E-state index contributed by atoms with van der Waals surface area (Å²) in [6, 6.07) is 4.70. The molecule has 1 aromatic carbocycles. The lowest BCUT2D eigenvalue weighted by atomic mass is 9.93. The first-order valence-electron chi connectivity index (χ1n) is 8.53.